The van der Waals surface area contributed by atoms with Gasteiger partial charge in [0.1, 0.15) is 18.0 Å². The third-order valence-corrected chi connectivity index (χ3v) is 8.01. The second-order valence-electron chi connectivity index (χ2n) is 9.02. The van der Waals surface area contributed by atoms with Gasteiger partial charge in [-0.3, -0.25) is 14.4 Å². The van der Waals surface area contributed by atoms with E-state index in [4.69, 9.17) is 0 Å². The van der Waals surface area contributed by atoms with E-state index in [0.717, 1.165) is 18.4 Å². The van der Waals surface area contributed by atoms with Gasteiger partial charge >= 0.3 is 29.6 Å². The molecule has 0 aromatic rings. The van der Waals surface area contributed by atoms with Crippen LogP contribution in [0.25, 0.3) is 0 Å². The molecule has 6 atom stereocenters. The zero-order valence-electron chi connectivity index (χ0n) is 17.3. The Hall–Kier alpha value is -0.590. The zero-order valence-corrected chi connectivity index (χ0v) is 18.3. The van der Waals surface area contributed by atoms with E-state index in [1.165, 1.54) is 0 Å². The molecule has 6 heteroatoms. The molecule has 0 aromatic heterocycles. The molecule has 0 amide bonds. The Morgan fingerprint density at radius 1 is 1.30 bits per heavy atom. The molecule has 4 aliphatic carbocycles. The van der Waals surface area contributed by atoms with Crippen LogP contribution in [0.1, 0.15) is 47.4 Å². The number of aliphatic hydroxyl groups is 2. The molecule has 4 rings (SSSR count). The average molecular weight is 382 g/mol. The molecule has 142 valence electrons. The first-order valence-electron chi connectivity index (χ1n) is 9.51. The van der Waals surface area contributed by atoms with Gasteiger partial charge in [-0.15, -0.1) is 0 Å². The van der Waals surface area contributed by atoms with Gasteiger partial charge in [0.2, 0.25) is 0 Å². The van der Waals surface area contributed by atoms with E-state index in [0.29, 0.717) is 12.8 Å². The van der Waals surface area contributed by atoms with Crippen LogP contribution in [0.3, 0.4) is 0 Å². The zero-order chi connectivity index (χ0) is 18.9. The Bertz CT molecular complexity index is 777. The van der Waals surface area contributed by atoms with Gasteiger partial charge in [-0.05, 0) is 49.7 Å². The minimum atomic E-state index is -1.62. The van der Waals surface area contributed by atoms with Crippen molar-refractivity contribution in [2.75, 3.05) is 6.61 Å². The molecule has 3 fully saturated rings. The number of hydrogen-bond acceptors (Lipinski definition) is 5. The molecule has 0 bridgehead atoms. The monoisotopic (exact) mass is 382 g/mol. The van der Waals surface area contributed by atoms with E-state index < -0.39 is 28.8 Å². The fraction of sp³-hybridized carbons (Fsp3) is 0.667. The molecule has 0 heterocycles. The number of hydrogen-bond donors (Lipinski definition) is 2. The molecule has 0 saturated heterocycles. The third kappa shape index (κ3) is 2.66. The number of allylic oxidation sites excluding steroid dienone is 4. The third-order valence-electron chi connectivity index (χ3n) is 8.01. The molecular weight excluding hydrogens is 355 g/mol. The van der Waals surface area contributed by atoms with Crippen molar-refractivity contribution >= 4 is 17.3 Å². The quantitative estimate of drug-likeness (QED) is 0.591. The Labute approximate surface area is 183 Å². The maximum Gasteiger partial charge on any atom is 1.00 e. The van der Waals surface area contributed by atoms with E-state index in [2.05, 4.69) is 0 Å². The molecule has 2 N–H and O–H groups in total. The van der Waals surface area contributed by atoms with Crippen molar-refractivity contribution < 1.29 is 55.6 Å². The van der Waals surface area contributed by atoms with Crippen molar-refractivity contribution in [2.24, 2.45) is 28.6 Å². The standard InChI is InChI=1S/C21H26O5.Na.H/c1-19-7-5-13(23)9-12(19)3-4-14-15-6-8-21(26,17(25)11-22)20(15,2)10-16(24)18(14)19;;/h5,7,9,14-15,18,22,26H,3-4,6,8,10-11H2,1-2H3;;/q;+1;-1/t14-,15-,18+,19-,20-,21-;;/m0../s1. The molecule has 3 saturated carbocycles. The summed E-state index contributed by atoms with van der Waals surface area (Å²) in [6.07, 6.45) is 7.82. The first-order chi connectivity index (χ1) is 12.2. The van der Waals surface area contributed by atoms with E-state index in [1.54, 1.807) is 12.2 Å². The minimum absolute atomic E-state index is 0. The van der Waals surface area contributed by atoms with Crippen LogP contribution in [0.5, 0.6) is 0 Å². The SMILES string of the molecule is C[C@]12C=CC(=O)C=C1CC[C@@H]1[C@@H]2C(=O)C[C@@]2(C)[C@H]1CC[C@]2(O)C(=O)CO.[H-].[Na+]. The summed E-state index contributed by atoms with van der Waals surface area (Å²) in [5.41, 5.74) is -1.86. The van der Waals surface area contributed by atoms with E-state index >= 15 is 0 Å². The van der Waals surface area contributed by atoms with Crippen molar-refractivity contribution in [3.63, 3.8) is 0 Å². The van der Waals surface area contributed by atoms with Gasteiger partial charge in [0.15, 0.2) is 11.6 Å². The Morgan fingerprint density at radius 2 is 2.00 bits per heavy atom. The number of aliphatic hydroxyl groups excluding tert-OH is 1. The average Bonchev–Trinajstić information content (AvgIpc) is 2.86. The molecule has 0 aromatic carbocycles. The second kappa shape index (κ2) is 6.74. The summed E-state index contributed by atoms with van der Waals surface area (Å²) in [4.78, 5) is 37.4. The normalized spacial score (nSPS) is 45.3. The van der Waals surface area contributed by atoms with E-state index in [1.807, 2.05) is 19.9 Å². The molecule has 27 heavy (non-hydrogen) atoms. The molecular formula is C21H27NaO5. The fourth-order valence-corrected chi connectivity index (χ4v) is 6.62. The molecule has 0 unspecified atom stereocenters. The first kappa shape index (κ1) is 21.1. The van der Waals surface area contributed by atoms with Gasteiger partial charge in [0.25, 0.3) is 0 Å². The van der Waals surface area contributed by atoms with Crippen LogP contribution in [0.15, 0.2) is 23.8 Å². The number of carbonyl (C=O) groups excluding carboxylic acids is 3. The molecule has 4 aliphatic rings. The van der Waals surface area contributed by atoms with Gasteiger partial charge in [0, 0.05) is 23.2 Å². The second-order valence-corrected chi connectivity index (χ2v) is 9.02. The van der Waals surface area contributed by atoms with Crippen LogP contribution in [0, 0.1) is 28.6 Å². The van der Waals surface area contributed by atoms with Crippen molar-refractivity contribution in [1.82, 2.24) is 0 Å². The van der Waals surface area contributed by atoms with E-state index in [9.17, 15) is 24.6 Å². The van der Waals surface area contributed by atoms with Gasteiger partial charge in [-0.2, -0.15) is 0 Å². The van der Waals surface area contributed by atoms with Gasteiger partial charge in [0.05, 0.1) is 0 Å². The van der Waals surface area contributed by atoms with Crippen LogP contribution in [0.4, 0.5) is 0 Å². The predicted molar refractivity (Wildman–Crippen MR) is 95.2 cm³/mol. The number of fused-ring (bicyclic) bond motifs is 5. The topological polar surface area (TPSA) is 91.7 Å². The van der Waals surface area contributed by atoms with Crippen molar-refractivity contribution in [3.05, 3.63) is 23.8 Å². The summed E-state index contributed by atoms with van der Waals surface area (Å²) in [5.74, 6) is -0.590. The van der Waals surface area contributed by atoms with Crippen LogP contribution in [-0.4, -0.2) is 39.8 Å². The maximum atomic E-state index is 13.3. The maximum absolute atomic E-state index is 13.3. The van der Waals surface area contributed by atoms with Crippen LogP contribution in [0.2, 0.25) is 0 Å². The van der Waals surface area contributed by atoms with Crippen molar-refractivity contribution in [1.29, 1.82) is 0 Å². The Morgan fingerprint density at radius 3 is 2.67 bits per heavy atom. The number of carbonyl (C=O) groups is 3. The van der Waals surface area contributed by atoms with Crippen molar-refractivity contribution in [3.8, 4) is 0 Å². The summed E-state index contributed by atoms with van der Waals surface area (Å²) >= 11 is 0. The van der Waals surface area contributed by atoms with Crippen molar-refractivity contribution in [2.45, 2.75) is 51.6 Å². The molecule has 0 radical (unpaired) electrons. The molecule has 0 aliphatic heterocycles. The number of Topliss-reactive ketones (excluding diaryl/α,β-unsaturated/α-hetero) is 2. The molecule has 5 nitrogen and oxygen atoms in total. The summed E-state index contributed by atoms with van der Waals surface area (Å²) in [6.45, 7) is 3.19. The van der Waals surface area contributed by atoms with Gasteiger partial charge in [-0.1, -0.05) is 25.5 Å². The summed E-state index contributed by atoms with van der Waals surface area (Å²) in [5, 5.41) is 20.5. The summed E-state index contributed by atoms with van der Waals surface area (Å²) in [7, 11) is 0. The number of ketones is 3. The van der Waals surface area contributed by atoms with E-state index in [-0.39, 0.29) is 66.7 Å². The fourth-order valence-electron chi connectivity index (χ4n) is 6.62. The summed E-state index contributed by atoms with van der Waals surface area (Å²) in [6, 6.07) is 0. The molecule has 0 spiro atoms. The first-order valence-corrected chi connectivity index (χ1v) is 9.51. The Kier molecular flexibility index (Phi) is 5.27. The van der Waals surface area contributed by atoms with Crippen LogP contribution in [-0.2, 0) is 14.4 Å². The van der Waals surface area contributed by atoms with Crippen LogP contribution >= 0.6 is 0 Å². The predicted octanol–water partition coefficient (Wildman–Crippen LogP) is -1.12. The Balaban J connectivity index is 0.00000140. The number of rotatable bonds is 2. The minimum Gasteiger partial charge on any atom is -1.00 e. The smallest absolute Gasteiger partial charge is 1.00 e. The van der Waals surface area contributed by atoms with Crippen LogP contribution < -0.4 is 29.6 Å². The van der Waals surface area contributed by atoms with Gasteiger partial charge in [-0.25, -0.2) is 0 Å². The largest absolute Gasteiger partial charge is 1.00 e. The van der Waals surface area contributed by atoms with Gasteiger partial charge < -0.3 is 11.6 Å². The summed E-state index contributed by atoms with van der Waals surface area (Å²) < 4.78 is 0.